The van der Waals surface area contributed by atoms with Crippen LogP contribution >= 0.6 is 0 Å². The lowest BCUT2D eigenvalue weighted by molar-refractivity contribution is -0.121. The molecule has 0 aliphatic heterocycles. The number of nitrogens with zero attached hydrogens (tertiary/aromatic N) is 2. The zero-order valence-corrected chi connectivity index (χ0v) is 20.0. The quantitative estimate of drug-likeness (QED) is 0.393. The molecule has 0 unspecified atom stereocenters. The maximum atomic E-state index is 12.8. The molecule has 0 aliphatic rings. The van der Waals surface area contributed by atoms with Crippen molar-refractivity contribution in [2.75, 3.05) is 32.7 Å². The van der Waals surface area contributed by atoms with Gasteiger partial charge in [-0.1, -0.05) is 30.3 Å². The first kappa shape index (κ1) is 25.0. The minimum absolute atomic E-state index is 0.0620. The van der Waals surface area contributed by atoms with E-state index >= 15 is 0 Å². The van der Waals surface area contributed by atoms with E-state index in [-0.39, 0.29) is 18.2 Å². The van der Waals surface area contributed by atoms with E-state index in [0.717, 1.165) is 34.7 Å². The lowest BCUT2D eigenvalue weighted by atomic mass is 10.1. The van der Waals surface area contributed by atoms with E-state index in [0.29, 0.717) is 31.8 Å². The molecule has 2 N–H and O–H groups in total. The summed E-state index contributed by atoms with van der Waals surface area (Å²) in [5.41, 5.74) is 3.43. The number of carbonyl (C=O) groups excluding carboxylic acids is 2. The lowest BCUT2D eigenvalue weighted by Crippen LogP contribution is -2.25. The number of aromatic nitrogens is 2. The molecule has 2 amide bonds. The number of amides is 2. The van der Waals surface area contributed by atoms with E-state index in [4.69, 9.17) is 14.6 Å². The average Bonchev–Trinajstić information content (AvgIpc) is 3.17. The molecule has 0 saturated heterocycles. The number of carbonyl (C=O) groups is 2. The molecule has 8 nitrogen and oxygen atoms in total. The van der Waals surface area contributed by atoms with Crippen LogP contribution in [0.5, 0.6) is 5.75 Å². The number of anilines is 1. The second-order valence-corrected chi connectivity index (χ2v) is 7.88. The van der Waals surface area contributed by atoms with Crippen molar-refractivity contribution in [2.24, 2.45) is 0 Å². The zero-order valence-electron chi connectivity index (χ0n) is 20.0. The van der Waals surface area contributed by atoms with Crippen molar-refractivity contribution >= 4 is 17.6 Å². The zero-order chi connectivity index (χ0) is 24.3. The van der Waals surface area contributed by atoms with Crippen LogP contribution in [0.4, 0.5) is 5.82 Å². The van der Waals surface area contributed by atoms with Gasteiger partial charge in [-0.15, -0.1) is 0 Å². The van der Waals surface area contributed by atoms with E-state index in [1.165, 1.54) is 0 Å². The Kier molecular flexibility index (Phi) is 9.22. The van der Waals surface area contributed by atoms with Crippen molar-refractivity contribution in [3.8, 4) is 22.6 Å². The summed E-state index contributed by atoms with van der Waals surface area (Å²) in [6, 6.07) is 17.3. The van der Waals surface area contributed by atoms with Crippen LogP contribution in [0.15, 0.2) is 54.6 Å². The molecular formula is C26H32N4O4. The maximum absolute atomic E-state index is 12.8. The van der Waals surface area contributed by atoms with E-state index in [2.05, 4.69) is 10.6 Å². The van der Waals surface area contributed by atoms with Gasteiger partial charge in [-0.2, -0.15) is 5.10 Å². The Balaban J connectivity index is 1.74. The molecule has 1 aromatic heterocycles. The SMILES string of the molecule is COCCCNC(=O)CCCC(=O)Nc1c(-c2ccccc2)c(C)nn1-c1ccc(OC)cc1. The van der Waals surface area contributed by atoms with Gasteiger partial charge >= 0.3 is 0 Å². The number of hydrogen-bond donors (Lipinski definition) is 2. The molecule has 2 aromatic carbocycles. The predicted molar refractivity (Wildman–Crippen MR) is 132 cm³/mol. The van der Waals surface area contributed by atoms with E-state index < -0.39 is 0 Å². The number of nitrogens with one attached hydrogen (secondary N) is 2. The minimum Gasteiger partial charge on any atom is -0.497 e. The molecule has 0 atom stereocenters. The van der Waals surface area contributed by atoms with Crippen LogP contribution in [0.2, 0.25) is 0 Å². The third-order valence-electron chi connectivity index (χ3n) is 5.35. The van der Waals surface area contributed by atoms with E-state index in [1.807, 2.05) is 61.5 Å². The van der Waals surface area contributed by atoms with Gasteiger partial charge in [0.15, 0.2) is 0 Å². The molecule has 180 valence electrons. The van der Waals surface area contributed by atoms with Gasteiger partial charge in [-0.25, -0.2) is 4.68 Å². The number of benzene rings is 2. The Bertz CT molecular complexity index is 1080. The number of aryl methyl sites for hydroxylation is 1. The van der Waals surface area contributed by atoms with Crippen LogP contribution in [0.3, 0.4) is 0 Å². The van der Waals surface area contributed by atoms with Crippen LogP contribution in [0.1, 0.15) is 31.4 Å². The van der Waals surface area contributed by atoms with E-state index in [1.54, 1.807) is 18.9 Å². The Morgan fingerprint density at radius 2 is 1.65 bits per heavy atom. The second kappa shape index (κ2) is 12.6. The monoisotopic (exact) mass is 464 g/mol. The Morgan fingerprint density at radius 1 is 0.941 bits per heavy atom. The number of ether oxygens (including phenoxy) is 2. The van der Waals surface area contributed by atoms with Crippen molar-refractivity contribution in [2.45, 2.75) is 32.6 Å². The fourth-order valence-electron chi connectivity index (χ4n) is 3.64. The molecule has 0 spiro atoms. The lowest BCUT2D eigenvalue weighted by Gasteiger charge is -2.12. The summed E-state index contributed by atoms with van der Waals surface area (Å²) in [7, 11) is 3.25. The molecule has 3 rings (SSSR count). The summed E-state index contributed by atoms with van der Waals surface area (Å²) in [6.45, 7) is 3.10. The van der Waals surface area contributed by atoms with Crippen LogP contribution < -0.4 is 15.4 Å². The standard InChI is InChI=1S/C26H32N4O4/c1-19-25(20-9-5-4-6-10-20)26(30(29-19)21-13-15-22(34-3)16-14-21)28-24(32)12-7-11-23(31)27-17-8-18-33-2/h4-6,9-10,13-16H,7-8,11-12,17-18H2,1-3H3,(H,27,31)(H,28,32). The minimum atomic E-state index is -0.168. The number of methoxy groups -OCH3 is 2. The van der Waals surface area contributed by atoms with Gasteiger partial charge in [0.05, 0.1) is 18.5 Å². The molecule has 0 aliphatic carbocycles. The molecule has 0 radical (unpaired) electrons. The highest BCUT2D eigenvalue weighted by Gasteiger charge is 2.20. The summed E-state index contributed by atoms with van der Waals surface area (Å²) >= 11 is 0. The fourth-order valence-corrected chi connectivity index (χ4v) is 3.64. The van der Waals surface area contributed by atoms with Crippen molar-refractivity contribution in [3.05, 3.63) is 60.3 Å². The van der Waals surface area contributed by atoms with Crippen molar-refractivity contribution in [1.82, 2.24) is 15.1 Å². The van der Waals surface area contributed by atoms with Gasteiger partial charge in [0.1, 0.15) is 11.6 Å². The van der Waals surface area contributed by atoms with Crippen LogP contribution in [0.25, 0.3) is 16.8 Å². The van der Waals surface area contributed by atoms with Crippen LogP contribution in [-0.4, -0.2) is 49.0 Å². The van der Waals surface area contributed by atoms with Gasteiger partial charge in [0.25, 0.3) is 0 Å². The largest absolute Gasteiger partial charge is 0.497 e. The first-order valence-electron chi connectivity index (χ1n) is 11.4. The fraction of sp³-hybridized carbons (Fsp3) is 0.346. The molecule has 34 heavy (non-hydrogen) atoms. The number of hydrogen-bond acceptors (Lipinski definition) is 5. The van der Waals surface area contributed by atoms with Crippen molar-refractivity contribution in [3.63, 3.8) is 0 Å². The highest BCUT2D eigenvalue weighted by molar-refractivity contribution is 5.95. The first-order valence-corrected chi connectivity index (χ1v) is 11.4. The molecule has 0 saturated carbocycles. The normalized spacial score (nSPS) is 10.7. The molecule has 1 heterocycles. The smallest absolute Gasteiger partial charge is 0.225 e. The third-order valence-corrected chi connectivity index (χ3v) is 5.35. The summed E-state index contributed by atoms with van der Waals surface area (Å²) in [5.74, 6) is 1.11. The summed E-state index contributed by atoms with van der Waals surface area (Å²) in [4.78, 5) is 24.8. The molecular weight excluding hydrogens is 432 g/mol. The van der Waals surface area contributed by atoms with Crippen LogP contribution in [0, 0.1) is 6.92 Å². The van der Waals surface area contributed by atoms with Crippen molar-refractivity contribution < 1.29 is 19.1 Å². The highest BCUT2D eigenvalue weighted by Crippen LogP contribution is 2.33. The van der Waals surface area contributed by atoms with Gasteiger partial charge in [0.2, 0.25) is 11.8 Å². The van der Waals surface area contributed by atoms with Gasteiger partial charge < -0.3 is 20.1 Å². The molecule has 8 heteroatoms. The summed E-state index contributed by atoms with van der Waals surface area (Å²) in [5, 5.41) is 10.6. The van der Waals surface area contributed by atoms with Crippen LogP contribution in [-0.2, 0) is 14.3 Å². The Morgan fingerprint density at radius 3 is 2.32 bits per heavy atom. The highest BCUT2D eigenvalue weighted by atomic mass is 16.5. The molecule has 0 bridgehead atoms. The van der Waals surface area contributed by atoms with Gasteiger partial charge in [0, 0.05) is 38.7 Å². The van der Waals surface area contributed by atoms with Crippen molar-refractivity contribution in [1.29, 1.82) is 0 Å². The number of rotatable bonds is 12. The maximum Gasteiger partial charge on any atom is 0.225 e. The topological polar surface area (TPSA) is 94.5 Å². The average molecular weight is 465 g/mol. The Hall–Kier alpha value is -3.65. The van der Waals surface area contributed by atoms with Gasteiger partial charge in [-0.05, 0) is 49.6 Å². The molecule has 0 fully saturated rings. The second-order valence-electron chi connectivity index (χ2n) is 7.88. The first-order chi connectivity index (χ1) is 16.5. The third kappa shape index (κ3) is 6.68. The Labute approximate surface area is 200 Å². The van der Waals surface area contributed by atoms with E-state index in [9.17, 15) is 9.59 Å². The van der Waals surface area contributed by atoms with Gasteiger partial charge in [-0.3, -0.25) is 9.59 Å². The summed E-state index contributed by atoms with van der Waals surface area (Å²) < 4.78 is 12.0. The molecule has 3 aromatic rings. The summed E-state index contributed by atoms with van der Waals surface area (Å²) in [6.07, 6.45) is 1.74. The predicted octanol–water partition coefficient (Wildman–Crippen LogP) is 4.12.